The molecule has 4 N–H and O–H groups in total. The molecule has 140 valence electrons. The van der Waals surface area contributed by atoms with Crippen LogP contribution in [0.2, 0.25) is 0 Å². The predicted molar refractivity (Wildman–Crippen MR) is 88.7 cm³/mol. The van der Waals surface area contributed by atoms with Gasteiger partial charge in [0.1, 0.15) is 5.75 Å². The Bertz CT molecular complexity index is 699. The van der Waals surface area contributed by atoms with Gasteiger partial charge in [0.05, 0.1) is 18.0 Å². The first-order valence-corrected chi connectivity index (χ1v) is 9.02. The van der Waals surface area contributed by atoms with E-state index in [1.165, 1.54) is 24.3 Å². The van der Waals surface area contributed by atoms with Crippen LogP contribution in [0.1, 0.15) is 20.3 Å². The van der Waals surface area contributed by atoms with E-state index in [-0.39, 0.29) is 17.9 Å². The summed E-state index contributed by atoms with van der Waals surface area (Å²) in [4.78, 5) is 22.3. The van der Waals surface area contributed by atoms with Crippen molar-refractivity contribution in [2.45, 2.75) is 30.8 Å². The van der Waals surface area contributed by atoms with Gasteiger partial charge in [0.2, 0.25) is 15.9 Å². The summed E-state index contributed by atoms with van der Waals surface area (Å²) < 4.78 is 31.7. The largest absolute Gasteiger partial charge is 0.494 e. The number of hydrogen-bond donors (Lipinski definition) is 4. The molecule has 0 spiro atoms. The number of rotatable bonds is 10. The van der Waals surface area contributed by atoms with Gasteiger partial charge in [-0.15, -0.1) is 0 Å². The Morgan fingerprint density at radius 2 is 1.84 bits per heavy atom. The Balaban J connectivity index is 2.48. The van der Waals surface area contributed by atoms with Gasteiger partial charge < -0.3 is 20.3 Å². The quantitative estimate of drug-likeness (QED) is 0.441. The first-order valence-electron chi connectivity index (χ1n) is 7.53. The Morgan fingerprint density at radius 1 is 1.24 bits per heavy atom. The second kappa shape index (κ2) is 8.79. The lowest BCUT2D eigenvalue weighted by atomic mass is 10.1. The fraction of sp³-hybridized carbons (Fsp3) is 0.467. The number of hydrogen-bond acceptors (Lipinski definition) is 6. The minimum Gasteiger partial charge on any atom is -0.494 e. The van der Waals surface area contributed by atoms with E-state index in [0.29, 0.717) is 12.4 Å². The van der Waals surface area contributed by atoms with E-state index in [9.17, 15) is 23.1 Å². The monoisotopic (exact) mass is 374 g/mol. The van der Waals surface area contributed by atoms with Crippen molar-refractivity contribution in [2.24, 2.45) is 0 Å². The molecule has 0 aliphatic heterocycles. The number of aliphatic hydroxyl groups is 1. The molecule has 0 saturated carbocycles. The predicted octanol–water partition coefficient (Wildman–Crippen LogP) is -0.294. The van der Waals surface area contributed by atoms with Gasteiger partial charge in [-0.05, 0) is 38.1 Å². The second-order valence-corrected chi connectivity index (χ2v) is 7.17. The van der Waals surface area contributed by atoms with Crippen LogP contribution >= 0.6 is 0 Å². The number of benzene rings is 1. The average molecular weight is 374 g/mol. The van der Waals surface area contributed by atoms with Gasteiger partial charge in [0.15, 0.2) is 5.60 Å². The Labute approximate surface area is 146 Å². The first kappa shape index (κ1) is 20.9. The summed E-state index contributed by atoms with van der Waals surface area (Å²) in [6.45, 7) is 2.68. The summed E-state index contributed by atoms with van der Waals surface area (Å²) in [5, 5.41) is 20.4. The molecule has 1 aromatic rings. The van der Waals surface area contributed by atoms with Gasteiger partial charge in [0, 0.05) is 13.0 Å². The number of carboxylic acid groups (broad SMARTS) is 1. The lowest BCUT2D eigenvalue weighted by Gasteiger charge is -2.18. The number of carbonyl (C=O) groups excluding carboxylic acids is 1. The smallest absolute Gasteiger partial charge is 0.337 e. The number of nitrogens with one attached hydrogen (secondary N) is 2. The third-order valence-electron chi connectivity index (χ3n) is 3.18. The second-order valence-electron chi connectivity index (χ2n) is 5.41. The van der Waals surface area contributed by atoms with Crippen LogP contribution in [-0.2, 0) is 19.6 Å². The zero-order valence-corrected chi connectivity index (χ0v) is 14.8. The van der Waals surface area contributed by atoms with E-state index in [2.05, 4.69) is 10.0 Å². The van der Waals surface area contributed by atoms with E-state index in [1.54, 1.807) is 0 Å². The summed E-state index contributed by atoms with van der Waals surface area (Å²) >= 11 is 0. The molecular formula is C15H22N2O7S. The van der Waals surface area contributed by atoms with Crippen LogP contribution in [0.3, 0.4) is 0 Å². The number of ether oxygens (including phenoxy) is 1. The van der Waals surface area contributed by atoms with Crippen LogP contribution < -0.4 is 14.8 Å². The maximum absolute atomic E-state index is 12.1. The number of sulfonamides is 1. The Morgan fingerprint density at radius 3 is 2.36 bits per heavy atom. The fourth-order valence-electron chi connectivity index (χ4n) is 1.70. The van der Waals surface area contributed by atoms with E-state index in [4.69, 9.17) is 9.84 Å². The van der Waals surface area contributed by atoms with Gasteiger partial charge in [-0.1, -0.05) is 0 Å². The minimum absolute atomic E-state index is 0.0326. The molecule has 0 heterocycles. The molecule has 0 aliphatic carbocycles. The summed E-state index contributed by atoms with van der Waals surface area (Å²) in [6.07, 6.45) is -0.202. The Kier molecular flexibility index (Phi) is 7.34. The molecule has 1 rings (SSSR count). The van der Waals surface area contributed by atoms with Crippen molar-refractivity contribution in [3.8, 4) is 5.75 Å². The molecule has 1 atom stereocenters. The van der Waals surface area contributed by atoms with Crippen molar-refractivity contribution in [3.05, 3.63) is 24.3 Å². The van der Waals surface area contributed by atoms with Crippen molar-refractivity contribution in [1.29, 1.82) is 0 Å². The standard InChI is InChI=1S/C15H22N2O7S/c1-3-24-11-4-6-12(7-5-11)25(22,23)17-9-8-13(18)16-10-15(2,21)14(19)20/h4-7,17,21H,3,8-10H2,1-2H3,(H,16,18)(H,19,20). The summed E-state index contributed by atoms with van der Waals surface area (Å²) in [6, 6.07) is 5.83. The van der Waals surface area contributed by atoms with Crippen molar-refractivity contribution in [3.63, 3.8) is 0 Å². The van der Waals surface area contributed by atoms with E-state index in [0.717, 1.165) is 6.92 Å². The minimum atomic E-state index is -3.77. The third kappa shape index (κ3) is 6.69. The van der Waals surface area contributed by atoms with Crippen LogP contribution in [0, 0.1) is 0 Å². The van der Waals surface area contributed by atoms with Gasteiger partial charge in [-0.2, -0.15) is 0 Å². The van der Waals surface area contributed by atoms with Crippen LogP contribution in [0.4, 0.5) is 0 Å². The molecule has 25 heavy (non-hydrogen) atoms. The maximum Gasteiger partial charge on any atom is 0.337 e. The summed E-state index contributed by atoms with van der Waals surface area (Å²) in [5.74, 6) is -1.51. The maximum atomic E-state index is 12.1. The van der Waals surface area contributed by atoms with Crippen molar-refractivity contribution >= 4 is 21.9 Å². The van der Waals surface area contributed by atoms with Crippen LogP contribution in [0.25, 0.3) is 0 Å². The molecule has 0 aromatic heterocycles. The molecule has 1 aromatic carbocycles. The number of carbonyl (C=O) groups is 2. The van der Waals surface area contributed by atoms with Gasteiger partial charge in [-0.25, -0.2) is 17.9 Å². The molecule has 0 fully saturated rings. The normalized spacial score (nSPS) is 13.7. The van der Waals surface area contributed by atoms with E-state index in [1.807, 2.05) is 6.92 Å². The van der Waals surface area contributed by atoms with Crippen LogP contribution in [-0.4, -0.2) is 55.8 Å². The fourth-order valence-corrected chi connectivity index (χ4v) is 2.73. The van der Waals surface area contributed by atoms with Crippen molar-refractivity contribution in [2.75, 3.05) is 19.7 Å². The zero-order chi connectivity index (χ0) is 19.1. The van der Waals surface area contributed by atoms with Crippen molar-refractivity contribution in [1.82, 2.24) is 10.0 Å². The van der Waals surface area contributed by atoms with E-state index < -0.39 is 34.0 Å². The molecule has 10 heteroatoms. The molecule has 0 saturated heterocycles. The lowest BCUT2D eigenvalue weighted by molar-refractivity contribution is -0.156. The highest BCUT2D eigenvalue weighted by molar-refractivity contribution is 7.89. The molecule has 0 aliphatic rings. The third-order valence-corrected chi connectivity index (χ3v) is 4.66. The molecule has 0 radical (unpaired) electrons. The highest BCUT2D eigenvalue weighted by Crippen LogP contribution is 2.15. The average Bonchev–Trinajstić information content (AvgIpc) is 2.53. The Hall–Kier alpha value is -2.17. The molecule has 1 unspecified atom stereocenters. The molecular weight excluding hydrogens is 352 g/mol. The number of amides is 1. The van der Waals surface area contributed by atoms with Crippen LogP contribution in [0.5, 0.6) is 5.75 Å². The van der Waals surface area contributed by atoms with Gasteiger partial charge in [-0.3, -0.25) is 4.79 Å². The topological polar surface area (TPSA) is 142 Å². The summed E-state index contributed by atoms with van der Waals surface area (Å²) in [5.41, 5.74) is -2.09. The number of aliphatic carboxylic acids is 1. The summed E-state index contributed by atoms with van der Waals surface area (Å²) in [7, 11) is -3.77. The molecule has 1 amide bonds. The van der Waals surface area contributed by atoms with E-state index >= 15 is 0 Å². The lowest BCUT2D eigenvalue weighted by Crippen LogP contribution is -2.47. The SMILES string of the molecule is CCOc1ccc(S(=O)(=O)NCCC(=O)NCC(C)(O)C(=O)O)cc1. The highest BCUT2D eigenvalue weighted by Gasteiger charge is 2.30. The molecule has 0 bridgehead atoms. The van der Waals surface area contributed by atoms with Gasteiger partial charge in [0.25, 0.3) is 0 Å². The van der Waals surface area contributed by atoms with Crippen molar-refractivity contribution < 1.29 is 33.0 Å². The van der Waals surface area contributed by atoms with Gasteiger partial charge >= 0.3 is 5.97 Å². The zero-order valence-electron chi connectivity index (χ0n) is 14.0. The molecule has 9 nitrogen and oxygen atoms in total. The highest BCUT2D eigenvalue weighted by atomic mass is 32.2. The van der Waals surface area contributed by atoms with Crippen LogP contribution in [0.15, 0.2) is 29.2 Å². The number of carboxylic acids is 1. The first-order chi connectivity index (χ1) is 11.6.